The van der Waals surface area contributed by atoms with E-state index >= 15 is 0 Å². The molecule has 2 saturated heterocycles. The minimum absolute atomic E-state index is 0.517. The van der Waals surface area contributed by atoms with E-state index in [4.69, 9.17) is 14.2 Å². The monoisotopic (exact) mass is 528 g/mol. The van der Waals surface area contributed by atoms with Gasteiger partial charge in [0.05, 0.1) is 44.4 Å². The Hall–Kier alpha value is -3.19. The molecule has 2 aromatic heterocycles. The second-order valence-electron chi connectivity index (χ2n) is 8.98. The maximum Gasteiger partial charge on any atom is 0.236 e. The van der Waals surface area contributed by atoms with Crippen molar-refractivity contribution in [2.45, 2.75) is 0 Å². The Morgan fingerprint density at radius 1 is 1.08 bits per heavy atom. The lowest BCUT2D eigenvalue weighted by molar-refractivity contribution is 0.0320. The first-order valence-corrected chi connectivity index (χ1v) is 14.2. The highest BCUT2D eigenvalue weighted by molar-refractivity contribution is 7.89. The third-order valence-electron chi connectivity index (χ3n) is 6.37. The summed E-state index contributed by atoms with van der Waals surface area (Å²) < 4.78 is 42.7. The van der Waals surface area contributed by atoms with E-state index in [1.807, 2.05) is 30.3 Å². The van der Waals surface area contributed by atoms with Crippen LogP contribution in [-0.4, -0.2) is 101 Å². The maximum atomic E-state index is 12.2. The molecule has 4 heterocycles. The normalized spacial score (nSPS) is 17.5. The van der Waals surface area contributed by atoms with Crippen LogP contribution in [0.3, 0.4) is 0 Å². The van der Waals surface area contributed by atoms with E-state index in [-0.39, 0.29) is 0 Å². The standard InChI is InChI=1S/C25H32N6O5S/c1-37(32,33)31-19-20(22-4-2-3-5-23(22)31)18-26-28-24-16-21(30-9-13-35-14-10-30)17-25(27-24)36-15-8-29-6-11-34-12-7-29/h2-5,16-19H,6-15H2,1H3,(H,27,28)/b26-18+. The quantitative estimate of drug-likeness (QED) is 0.329. The van der Waals surface area contributed by atoms with E-state index in [1.54, 1.807) is 18.5 Å². The maximum absolute atomic E-state index is 12.2. The van der Waals surface area contributed by atoms with Crippen molar-refractivity contribution in [3.05, 3.63) is 48.2 Å². The fraction of sp³-hybridized carbons (Fsp3) is 0.440. The number of aromatic nitrogens is 2. The lowest BCUT2D eigenvalue weighted by Crippen LogP contribution is -2.38. The molecule has 0 amide bonds. The van der Waals surface area contributed by atoms with Crippen LogP contribution in [-0.2, 0) is 19.5 Å². The van der Waals surface area contributed by atoms with Crippen LogP contribution in [0.4, 0.5) is 11.5 Å². The molecule has 0 atom stereocenters. The van der Waals surface area contributed by atoms with Gasteiger partial charge in [0.1, 0.15) is 6.61 Å². The lowest BCUT2D eigenvalue weighted by Gasteiger charge is -2.29. The predicted octanol–water partition coefficient (Wildman–Crippen LogP) is 1.84. The number of morpholine rings is 2. The molecule has 0 bridgehead atoms. The summed E-state index contributed by atoms with van der Waals surface area (Å²) in [7, 11) is -3.45. The van der Waals surface area contributed by atoms with Gasteiger partial charge in [0.25, 0.3) is 0 Å². The Bertz CT molecular complexity index is 1350. The van der Waals surface area contributed by atoms with Crippen LogP contribution in [0.15, 0.2) is 47.7 Å². The molecule has 37 heavy (non-hydrogen) atoms. The molecule has 12 heteroatoms. The molecule has 0 unspecified atom stereocenters. The first-order chi connectivity index (χ1) is 18.0. The van der Waals surface area contributed by atoms with Gasteiger partial charge in [-0.3, -0.25) is 10.3 Å². The molecule has 2 aliphatic rings. The van der Waals surface area contributed by atoms with Gasteiger partial charge in [-0.05, 0) is 6.07 Å². The second-order valence-corrected chi connectivity index (χ2v) is 10.8. The van der Waals surface area contributed by atoms with Crippen LogP contribution < -0.4 is 15.1 Å². The number of hydrogen-bond acceptors (Lipinski definition) is 10. The summed E-state index contributed by atoms with van der Waals surface area (Å²) in [6.07, 6.45) is 4.36. The predicted molar refractivity (Wildman–Crippen MR) is 143 cm³/mol. The topological polar surface area (TPSA) is 111 Å². The molecule has 5 rings (SSSR count). The first-order valence-electron chi connectivity index (χ1n) is 12.3. The number of ether oxygens (including phenoxy) is 3. The Labute approximate surface area is 216 Å². The number of anilines is 2. The van der Waals surface area contributed by atoms with E-state index < -0.39 is 10.0 Å². The summed E-state index contributed by atoms with van der Waals surface area (Å²) in [5.41, 5.74) is 5.26. The molecular weight excluding hydrogens is 496 g/mol. The van der Waals surface area contributed by atoms with E-state index in [2.05, 4.69) is 25.3 Å². The van der Waals surface area contributed by atoms with Gasteiger partial charge in [0.15, 0.2) is 5.82 Å². The summed E-state index contributed by atoms with van der Waals surface area (Å²) in [5, 5.41) is 5.16. The van der Waals surface area contributed by atoms with Gasteiger partial charge in [-0.15, -0.1) is 0 Å². The highest BCUT2D eigenvalue weighted by Gasteiger charge is 2.16. The smallest absolute Gasteiger partial charge is 0.236 e. The average Bonchev–Trinajstić information content (AvgIpc) is 3.29. The fourth-order valence-corrected chi connectivity index (χ4v) is 5.27. The van der Waals surface area contributed by atoms with Gasteiger partial charge in [-0.2, -0.15) is 10.1 Å². The van der Waals surface area contributed by atoms with Crippen LogP contribution in [0.5, 0.6) is 5.88 Å². The Kier molecular flexibility index (Phi) is 7.89. The summed E-state index contributed by atoms with van der Waals surface area (Å²) in [4.78, 5) is 9.14. The van der Waals surface area contributed by atoms with Crippen molar-refractivity contribution in [3.8, 4) is 5.88 Å². The molecule has 1 aromatic carbocycles. The van der Waals surface area contributed by atoms with E-state index in [0.717, 1.165) is 57.0 Å². The number of hydrogen-bond donors (Lipinski definition) is 1. The number of rotatable bonds is 9. The van der Waals surface area contributed by atoms with Crippen LogP contribution in [0, 0.1) is 0 Å². The molecule has 2 aliphatic heterocycles. The zero-order chi connectivity index (χ0) is 25.7. The molecule has 0 aliphatic carbocycles. The number of nitrogens with zero attached hydrogens (tertiary/aromatic N) is 5. The highest BCUT2D eigenvalue weighted by Crippen LogP contribution is 2.25. The summed E-state index contributed by atoms with van der Waals surface area (Å²) in [6, 6.07) is 11.2. The van der Waals surface area contributed by atoms with E-state index in [0.29, 0.717) is 42.6 Å². The van der Waals surface area contributed by atoms with Crippen molar-refractivity contribution in [3.63, 3.8) is 0 Å². The Balaban J connectivity index is 1.34. The SMILES string of the molecule is CS(=O)(=O)n1cc(/C=N/Nc2cc(N3CCOCC3)cc(OCCN3CCOCC3)n2)c2ccccc21. The van der Waals surface area contributed by atoms with Gasteiger partial charge in [0, 0.05) is 67.7 Å². The van der Waals surface area contributed by atoms with Gasteiger partial charge in [-0.1, -0.05) is 18.2 Å². The van der Waals surface area contributed by atoms with Gasteiger partial charge in [0.2, 0.25) is 15.9 Å². The Morgan fingerprint density at radius 3 is 2.57 bits per heavy atom. The van der Waals surface area contributed by atoms with Gasteiger partial charge >= 0.3 is 0 Å². The van der Waals surface area contributed by atoms with Crippen molar-refractivity contribution >= 4 is 38.6 Å². The number of benzene rings is 1. The molecule has 3 aromatic rings. The van der Waals surface area contributed by atoms with Crippen molar-refractivity contribution in [2.75, 3.05) is 82.3 Å². The molecule has 2 fully saturated rings. The minimum atomic E-state index is -3.45. The molecule has 11 nitrogen and oxygen atoms in total. The van der Waals surface area contributed by atoms with Crippen LogP contribution in [0.1, 0.15) is 5.56 Å². The number of pyridine rings is 1. The van der Waals surface area contributed by atoms with E-state index in [9.17, 15) is 8.42 Å². The summed E-state index contributed by atoms with van der Waals surface area (Å²) in [5.74, 6) is 1.05. The number of hydrazone groups is 1. The zero-order valence-electron chi connectivity index (χ0n) is 20.9. The summed E-state index contributed by atoms with van der Waals surface area (Å²) in [6.45, 7) is 7.53. The Morgan fingerprint density at radius 2 is 1.81 bits per heavy atom. The summed E-state index contributed by atoms with van der Waals surface area (Å²) >= 11 is 0. The van der Waals surface area contributed by atoms with Crippen molar-refractivity contribution in [2.24, 2.45) is 5.10 Å². The van der Waals surface area contributed by atoms with Crippen molar-refractivity contribution < 1.29 is 22.6 Å². The average molecular weight is 529 g/mol. The van der Waals surface area contributed by atoms with Crippen molar-refractivity contribution in [1.29, 1.82) is 0 Å². The zero-order valence-corrected chi connectivity index (χ0v) is 21.7. The second kappa shape index (κ2) is 11.5. The number of nitrogens with one attached hydrogen (secondary N) is 1. The van der Waals surface area contributed by atoms with E-state index in [1.165, 1.54) is 10.2 Å². The van der Waals surface area contributed by atoms with Crippen molar-refractivity contribution in [1.82, 2.24) is 13.9 Å². The van der Waals surface area contributed by atoms with Crippen LogP contribution >= 0.6 is 0 Å². The van der Waals surface area contributed by atoms with Gasteiger partial charge < -0.3 is 19.1 Å². The minimum Gasteiger partial charge on any atom is -0.476 e. The fourth-order valence-electron chi connectivity index (χ4n) is 4.45. The third kappa shape index (κ3) is 6.39. The molecule has 1 N–H and O–H groups in total. The molecular formula is C25H32N6O5S. The van der Waals surface area contributed by atoms with Crippen LogP contribution in [0.25, 0.3) is 10.9 Å². The number of fused-ring (bicyclic) bond motifs is 1. The van der Waals surface area contributed by atoms with Gasteiger partial charge in [-0.25, -0.2) is 12.4 Å². The third-order valence-corrected chi connectivity index (χ3v) is 7.39. The highest BCUT2D eigenvalue weighted by atomic mass is 32.2. The lowest BCUT2D eigenvalue weighted by atomic mass is 10.2. The van der Waals surface area contributed by atoms with Crippen LogP contribution in [0.2, 0.25) is 0 Å². The first kappa shape index (κ1) is 25.5. The molecule has 0 saturated carbocycles. The molecule has 0 spiro atoms. The number of para-hydroxylation sites is 1. The largest absolute Gasteiger partial charge is 0.476 e. The molecule has 198 valence electrons. The molecule has 0 radical (unpaired) electrons.